The molecule has 0 aromatic heterocycles. The third-order valence-corrected chi connectivity index (χ3v) is 5.87. The van der Waals surface area contributed by atoms with Crippen molar-refractivity contribution in [3.8, 4) is 0 Å². The molecule has 5 rings (SSSR count). The van der Waals surface area contributed by atoms with Crippen LogP contribution < -0.4 is 0 Å². The summed E-state index contributed by atoms with van der Waals surface area (Å²) >= 11 is 0. The van der Waals surface area contributed by atoms with Crippen LogP contribution in [0, 0.1) is 5.92 Å². The Labute approximate surface area is 144 Å². The van der Waals surface area contributed by atoms with E-state index in [2.05, 4.69) is 9.80 Å². The first-order valence-corrected chi connectivity index (χ1v) is 9.21. The molecule has 2 bridgehead atoms. The highest BCUT2D eigenvalue weighted by Crippen LogP contribution is 2.31. The zero-order chi connectivity index (χ0) is 16.4. The van der Waals surface area contributed by atoms with E-state index < -0.39 is 0 Å². The number of rotatable bonds is 3. The van der Waals surface area contributed by atoms with Crippen LogP contribution in [0.3, 0.4) is 0 Å². The van der Waals surface area contributed by atoms with Crippen LogP contribution in [0.25, 0.3) is 0 Å². The van der Waals surface area contributed by atoms with Crippen molar-refractivity contribution in [2.75, 3.05) is 45.8 Å². The second-order valence-corrected chi connectivity index (χ2v) is 7.27. The fraction of sp³-hybridized carbons (Fsp3) is 0.632. The van der Waals surface area contributed by atoms with Gasteiger partial charge in [-0.1, -0.05) is 30.3 Å². The normalized spacial score (nSPS) is 30.3. The molecule has 5 nitrogen and oxygen atoms in total. The minimum absolute atomic E-state index is 0.174. The Morgan fingerprint density at radius 1 is 1.00 bits per heavy atom. The lowest BCUT2D eigenvalue weighted by atomic mass is 9.83. The lowest BCUT2D eigenvalue weighted by Crippen LogP contribution is -2.61. The van der Waals surface area contributed by atoms with Gasteiger partial charge in [-0.25, -0.2) is 4.79 Å². The van der Waals surface area contributed by atoms with Gasteiger partial charge in [0.1, 0.15) is 6.61 Å². The van der Waals surface area contributed by atoms with Gasteiger partial charge in [0.05, 0.1) is 0 Å². The van der Waals surface area contributed by atoms with Crippen LogP contribution in [0.1, 0.15) is 18.4 Å². The molecule has 1 aromatic rings. The molecule has 0 spiro atoms. The molecule has 4 heterocycles. The molecule has 0 N–H and O–H groups in total. The van der Waals surface area contributed by atoms with Crippen LogP contribution in [0.4, 0.5) is 4.79 Å². The van der Waals surface area contributed by atoms with Crippen LogP contribution in [0.2, 0.25) is 0 Å². The van der Waals surface area contributed by atoms with Crippen LogP contribution in [-0.4, -0.2) is 72.6 Å². The van der Waals surface area contributed by atoms with Crippen molar-refractivity contribution in [2.24, 2.45) is 5.92 Å². The molecule has 4 aliphatic rings. The van der Waals surface area contributed by atoms with E-state index in [9.17, 15) is 4.79 Å². The summed E-state index contributed by atoms with van der Waals surface area (Å²) in [6.07, 6.45) is 2.53. The highest BCUT2D eigenvalue weighted by atomic mass is 16.6. The van der Waals surface area contributed by atoms with E-state index in [0.29, 0.717) is 12.6 Å². The van der Waals surface area contributed by atoms with Crippen molar-refractivity contribution in [2.45, 2.75) is 25.5 Å². The molecular formula is C19H27N3O2. The molecule has 130 valence electrons. The number of hydrogen-bond donors (Lipinski definition) is 0. The van der Waals surface area contributed by atoms with Crippen molar-refractivity contribution < 1.29 is 9.53 Å². The zero-order valence-corrected chi connectivity index (χ0v) is 14.3. The molecule has 1 amide bonds. The number of ether oxygens (including phenoxy) is 1. The summed E-state index contributed by atoms with van der Waals surface area (Å²) in [5.74, 6) is 0.867. The molecule has 4 fully saturated rings. The third-order valence-electron chi connectivity index (χ3n) is 5.87. The number of carbonyl (C=O) groups excluding carboxylic acids is 1. The molecule has 4 saturated heterocycles. The van der Waals surface area contributed by atoms with Gasteiger partial charge >= 0.3 is 6.09 Å². The van der Waals surface area contributed by atoms with Crippen molar-refractivity contribution in [3.05, 3.63) is 35.9 Å². The number of fused-ring (bicyclic) bond motifs is 3. The van der Waals surface area contributed by atoms with E-state index in [-0.39, 0.29) is 6.09 Å². The van der Waals surface area contributed by atoms with Crippen LogP contribution in [-0.2, 0) is 11.3 Å². The van der Waals surface area contributed by atoms with E-state index in [1.807, 2.05) is 35.2 Å². The van der Waals surface area contributed by atoms with E-state index in [4.69, 9.17) is 4.74 Å². The predicted octanol–water partition coefficient (Wildman–Crippen LogP) is 2.04. The minimum atomic E-state index is -0.174. The predicted molar refractivity (Wildman–Crippen MR) is 92.7 cm³/mol. The number of piperazine rings is 1. The summed E-state index contributed by atoms with van der Waals surface area (Å²) in [6, 6.07) is 10.6. The van der Waals surface area contributed by atoms with Gasteiger partial charge in [0, 0.05) is 38.8 Å². The minimum Gasteiger partial charge on any atom is -0.445 e. The maximum absolute atomic E-state index is 12.3. The molecule has 0 aliphatic carbocycles. The molecular weight excluding hydrogens is 302 g/mol. The fourth-order valence-corrected chi connectivity index (χ4v) is 4.39. The number of nitrogens with zero attached hydrogens (tertiary/aromatic N) is 3. The summed E-state index contributed by atoms with van der Waals surface area (Å²) in [5.41, 5.74) is 1.04. The lowest BCUT2D eigenvalue weighted by molar-refractivity contribution is -0.0156. The van der Waals surface area contributed by atoms with Crippen molar-refractivity contribution in [1.29, 1.82) is 0 Å². The Bertz CT molecular complexity index is 549. The molecule has 1 atom stereocenters. The van der Waals surface area contributed by atoms with Gasteiger partial charge in [-0.05, 0) is 37.4 Å². The van der Waals surface area contributed by atoms with Crippen molar-refractivity contribution >= 4 is 6.09 Å². The van der Waals surface area contributed by atoms with Crippen LogP contribution in [0.5, 0.6) is 0 Å². The van der Waals surface area contributed by atoms with Gasteiger partial charge < -0.3 is 14.5 Å². The summed E-state index contributed by atoms with van der Waals surface area (Å²) in [5, 5.41) is 0. The van der Waals surface area contributed by atoms with Gasteiger partial charge in [-0.15, -0.1) is 0 Å². The first-order valence-electron chi connectivity index (χ1n) is 9.21. The Morgan fingerprint density at radius 3 is 2.33 bits per heavy atom. The molecule has 0 radical (unpaired) electrons. The topological polar surface area (TPSA) is 36.0 Å². The first-order chi connectivity index (χ1) is 11.8. The van der Waals surface area contributed by atoms with E-state index >= 15 is 0 Å². The number of benzene rings is 1. The van der Waals surface area contributed by atoms with E-state index in [0.717, 1.165) is 37.7 Å². The van der Waals surface area contributed by atoms with Crippen molar-refractivity contribution in [3.63, 3.8) is 0 Å². The molecule has 1 aromatic carbocycles. The second-order valence-electron chi connectivity index (χ2n) is 7.27. The first kappa shape index (κ1) is 15.9. The smallest absolute Gasteiger partial charge is 0.410 e. The fourth-order valence-electron chi connectivity index (χ4n) is 4.39. The maximum Gasteiger partial charge on any atom is 0.410 e. The Balaban J connectivity index is 1.24. The standard InChI is InChI=1S/C19H27N3O2/c23-19(24-15-16-4-2-1-3-5-16)22-12-10-21(11-13-22)18-14-20-8-6-17(18)7-9-20/h1-5,17-18H,6-15H2. The van der Waals surface area contributed by atoms with Crippen LogP contribution in [0.15, 0.2) is 30.3 Å². The average Bonchev–Trinajstić information content (AvgIpc) is 2.68. The highest BCUT2D eigenvalue weighted by Gasteiger charge is 2.38. The van der Waals surface area contributed by atoms with Gasteiger partial charge in [0.2, 0.25) is 0 Å². The lowest BCUT2D eigenvalue weighted by Gasteiger charge is -2.50. The number of piperidine rings is 3. The van der Waals surface area contributed by atoms with Crippen molar-refractivity contribution in [1.82, 2.24) is 14.7 Å². The largest absolute Gasteiger partial charge is 0.445 e. The maximum atomic E-state index is 12.3. The third kappa shape index (κ3) is 3.42. The second kappa shape index (κ2) is 7.11. The Hall–Kier alpha value is -1.59. The Morgan fingerprint density at radius 2 is 1.71 bits per heavy atom. The van der Waals surface area contributed by atoms with E-state index in [1.54, 1.807) is 0 Å². The highest BCUT2D eigenvalue weighted by molar-refractivity contribution is 5.67. The monoisotopic (exact) mass is 329 g/mol. The van der Waals surface area contributed by atoms with Gasteiger partial charge in [-0.3, -0.25) is 4.90 Å². The van der Waals surface area contributed by atoms with Gasteiger partial charge in [0.25, 0.3) is 0 Å². The summed E-state index contributed by atoms with van der Waals surface area (Å²) < 4.78 is 5.46. The molecule has 0 saturated carbocycles. The summed E-state index contributed by atoms with van der Waals surface area (Å²) in [6.45, 7) is 7.70. The molecule has 24 heavy (non-hydrogen) atoms. The SMILES string of the molecule is O=C(OCc1ccccc1)N1CCN(C2CN3CCC2CC3)CC1. The molecule has 5 heteroatoms. The van der Waals surface area contributed by atoms with Gasteiger partial charge in [-0.2, -0.15) is 0 Å². The average molecular weight is 329 g/mol. The quantitative estimate of drug-likeness (QED) is 0.850. The zero-order valence-electron chi connectivity index (χ0n) is 14.3. The molecule has 1 unspecified atom stereocenters. The van der Waals surface area contributed by atoms with Gasteiger partial charge in [0.15, 0.2) is 0 Å². The number of hydrogen-bond acceptors (Lipinski definition) is 4. The molecule has 4 aliphatic heterocycles. The van der Waals surface area contributed by atoms with Crippen LogP contribution >= 0.6 is 0 Å². The Kier molecular flexibility index (Phi) is 4.72. The van der Waals surface area contributed by atoms with E-state index in [1.165, 1.54) is 32.5 Å². The number of amides is 1. The summed E-state index contributed by atoms with van der Waals surface area (Å²) in [4.78, 5) is 19.3. The number of carbonyl (C=O) groups is 1. The summed E-state index contributed by atoms with van der Waals surface area (Å²) in [7, 11) is 0.